The average Bonchev–Trinajstić information content (AvgIpc) is 3.18. The molecule has 28 nitrogen and oxygen atoms in total. The molecule has 0 aromatic heterocycles. The average molecular weight is 873 g/mol. The van der Waals surface area contributed by atoms with E-state index < -0.39 is 103 Å². The quantitative estimate of drug-likeness (QED) is 0.0175. The van der Waals surface area contributed by atoms with Crippen molar-refractivity contribution in [1.82, 2.24) is 37.2 Å². The fourth-order valence-electron chi connectivity index (χ4n) is 5.12. The van der Waals surface area contributed by atoms with Crippen LogP contribution < -0.4 is 83.1 Å². The first-order chi connectivity index (χ1) is 28.7. The van der Waals surface area contributed by atoms with Crippen molar-refractivity contribution in [3.63, 3.8) is 0 Å². The van der Waals surface area contributed by atoms with Crippen LogP contribution in [0, 0.1) is 0 Å². The molecule has 0 saturated heterocycles. The van der Waals surface area contributed by atoms with Crippen LogP contribution in [-0.4, -0.2) is 158 Å². The Morgan fingerprint density at radius 2 is 0.967 bits per heavy atom. The number of rotatable bonds is 31. The van der Waals surface area contributed by atoms with Crippen molar-refractivity contribution in [3.8, 4) is 0 Å². The molecule has 0 heterocycles. The second-order valence-electron chi connectivity index (χ2n) is 13.4. The van der Waals surface area contributed by atoms with E-state index in [0.717, 1.165) is 0 Å². The van der Waals surface area contributed by atoms with E-state index in [-0.39, 0.29) is 95.6 Å². The third-order valence-electron chi connectivity index (χ3n) is 8.12. The van der Waals surface area contributed by atoms with Crippen LogP contribution in [0.3, 0.4) is 0 Å². The van der Waals surface area contributed by atoms with Gasteiger partial charge >= 0.3 is 0 Å². The number of carbonyl (C=O) groups excluding carboxylic acids is 8. The van der Waals surface area contributed by atoms with Crippen molar-refractivity contribution in [2.75, 3.05) is 45.9 Å². The highest BCUT2D eigenvalue weighted by molar-refractivity contribution is 5.97. The SMILES string of the molecule is C[C@@H](O)[C@H](NC(=O)[C@H](CCCN=C(N)N)NC(=O)CN)C(=O)NCC(=O)N[C@@H](CCCN=C(N)N)C(=O)N[C@@H](CCCN=C(N)N)C(=O)N[C@@H](CC(N)=O)C(=O)NCCCO. The highest BCUT2D eigenvalue weighted by atomic mass is 16.3. The van der Waals surface area contributed by atoms with Crippen molar-refractivity contribution < 1.29 is 48.6 Å². The second-order valence-corrected chi connectivity index (χ2v) is 13.4. The van der Waals surface area contributed by atoms with E-state index in [0.29, 0.717) is 0 Å². The van der Waals surface area contributed by atoms with Gasteiger partial charge in [-0.3, -0.25) is 53.3 Å². The van der Waals surface area contributed by atoms with Gasteiger partial charge in [-0.05, 0) is 51.9 Å². The van der Waals surface area contributed by atoms with Gasteiger partial charge in [0.2, 0.25) is 47.3 Å². The summed E-state index contributed by atoms with van der Waals surface area (Å²) < 4.78 is 0. The minimum atomic E-state index is -1.62. The lowest BCUT2D eigenvalue weighted by Crippen LogP contribution is -2.59. The third-order valence-corrected chi connectivity index (χ3v) is 8.12. The Hall–Kier alpha value is -6.55. The van der Waals surface area contributed by atoms with Gasteiger partial charge in [0.1, 0.15) is 30.2 Å². The van der Waals surface area contributed by atoms with Gasteiger partial charge in [-0.2, -0.15) is 0 Å². The smallest absolute Gasteiger partial charge is 0.245 e. The molecule has 6 atom stereocenters. The van der Waals surface area contributed by atoms with E-state index in [1.807, 2.05) is 0 Å². The van der Waals surface area contributed by atoms with Gasteiger partial charge in [-0.25, -0.2) is 0 Å². The van der Waals surface area contributed by atoms with Gasteiger partial charge in [0.25, 0.3) is 0 Å². The maximum Gasteiger partial charge on any atom is 0.245 e. The molecule has 0 aliphatic carbocycles. The van der Waals surface area contributed by atoms with Gasteiger partial charge < -0.3 is 93.3 Å². The van der Waals surface area contributed by atoms with Gasteiger partial charge in [0, 0.05) is 32.8 Å². The Balaban J connectivity index is 6.16. The molecular weight excluding hydrogens is 808 g/mol. The Morgan fingerprint density at radius 3 is 1.38 bits per heavy atom. The summed E-state index contributed by atoms with van der Waals surface area (Å²) in [7, 11) is 0. The molecule has 0 rings (SSSR count). The number of hydrogen-bond donors (Lipinski definition) is 17. The van der Waals surface area contributed by atoms with Gasteiger partial charge in [0.15, 0.2) is 17.9 Å². The molecule has 0 spiro atoms. The summed E-state index contributed by atoms with van der Waals surface area (Å²) in [4.78, 5) is 115. The van der Waals surface area contributed by atoms with Crippen molar-refractivity contribution in [1.29, 1.82) is 0 Å². The molecule has 0 aliphatic heterocycles. The first-order valence-corrected chi connectivity index (χ1v) is 19.2. The maximum atomic E-state index is 13.7. The monoisotopic (exact) mass is 873 g/mol. The van der Waals surface area contributed by atoms with Crippen molar-refractivity contribution in [2.45, 2.75) is 94.6 Å². The summed E-state index contributed by atoms with van der Waals surface area (Å²) in [6.07, 6.45) is -1.62. The van der Waals surface area contributed by atoms with Gasteiger partial charge in [0.05, 0.1) is 25.6 Å². The number of aliphatic hydroxyl groups is 2. The standard InChI is InChI=1S/C33H64N18O10/c1-17(53)25(51-29(60)19(47-23(55)15-34)7-3-10-44-32(38)39)30(61)46-16-24(56)48-18(6-2-9-43-31(36)37)27(58)49-20(8-4-11-45-33(40)41)28(59)50-21(14-22(35)54)26(57)42-12-5-13-52/h17-21,25,52-53H,2-16,34H2,1H3,(H2,35,54)(H,42,57)(H,46,61)(H,47,55)(H,48,56)(H,49,58)(H,50,59)(H,51,60)(H4,36,37,43)(H4,38,39,44)(H4,40,41,45)/t17-,18+,19+,20+,21+,25+/m1/s1. The molecular formula is C33H64N18O10. The van der Waals surface area contributed by atoms with Crippen LogP contribution in [0.4, 0.5) is 0 Å². The highest BCUT2D eigenvalue weighted by Gasteiger charge is 2.32. The first-order valence-electron chi connectivity index (χ1n) is 19.2. The van der Waals surface area contributed by atoms with Crippen LogP contribution in [0.15, 0.2) is 15.0 Å². The lowest BCUT2D eigenvalue weighted by atomic mass is 10.1. The molecule has 8 amide bonds. The number of aliphatic hydroxyl groups excluding tert-OH is 2. The number of amides is 8. The van der Waals surface area contributed by atoms with E-state index in [1.54, 1.807) is 0 Å². The number of primary amides is 1. The van der Waals surface area contributed by atoms with E-state index in [1.165, 1.54) is 6.92 Å². The number of carbonyl (C=O) groups is 8. The number of aliphatic imine (C=N–C) groups is 3. The largest absolute Gasteiger partial charge is 0.396 e. The predicted octanol–water partition coefficient (Wildman–Crippen LogP) is -9.60. The molecule has 346 valence electrons. The summed E-state index contributed by atoms with van der Waals surface area (Å²) in [6.45, 7) is -0.0769. The third kappa shape index (κ3) is 25.5. The Kier molecular flexibility index (Phi) is 27.2. The second kappa shape index (κ2) is 30.5. The first kappa shape index (κ1) is 54.4. The maximum absolute atomic E-state index is 13.7. The lowest BCUT2D eigenvalue weighted by molar-refractivity contribution is -0.135. The highest BCUT2D eigenvalue weighted by Crippen LogP contribution is 2.06. The van der Waals surface area contributed by atoms with E-state index in [2.05, 4.69) is 52.2 Å². The van der Waals surface area contributed by atoms with Crippen LogP contribution in [0.25, 0.3) is 0 Å². The molecule has 28 heteroatoms. The number of nitrogens with two attached hydrogens (primary N) is 8. The summed E-state index contributed by atoms with van der Waals surface area (Å²) >= 11 is 0. The number of nitrogens with zero attached hydrogens (tertiary/aromatic N) is 3. The molecule has 0 radical (unpaired) electrons. The Bertz CT molecular complexity index is 1550. The zero-order valence-electron chi connectivity index (χ0n) is 34.2. The number of hydrogen-bond acceptors (Lipinski definition) is 14. The van der Waals surface area contributed by atoms with Crippen molar-refractivity contribution in [3.05, 3.63) is 0 Å². The van der Waals surface area contributed by atoms with Gasteiger partial charge in [-0.1, -0.05) is 0 Å². The summed E-state index contributed by atoms with van der Waals surface area (Å²) in [5, 5.41) is 36.2. The molecule has 0 aliphatic rings. The zero-order valence-corrected chi connectivity index (χ0v) is 34.2. The normalized spacial score (nSPS) is 13.5. The fourth-order valence-corrected chi connectivity index (χ4v) is 5.12. The molecule has 0 bridgehead atoms. The molecule has 0 fully saturated rings. The van der Waals surface area contributed by atoms with Crippen LogP contribution >= 0.6 is 0 Å². The Labute approximate surface area is 352 Å². The van der Waals surface area contributed by atoms with Crippen LogP contribution in [0.1, 0.15) is 58.3 Å². The molecule has 0 unspecified atom stereocenters. The number of nitrogens with one attached hydrogen (secondary N) is 7. The molecule has 25 N–H and O–H groups in total. The van der Waals surface area contributed by atoms with Crippen LogP contribution in [0.2, 0.25) is 0 Å². The minimum Gasteiger partial charge on any atom is -0.396 e. The van der Waals surface area contributed by atoms with Crippen molar-refractivity contribution in [2.24, 2.45) is 60.8 Å². The summed E-state index contributed by atoms with van der Waals surface area (Å²) in [6, 6.07) is -7.06. The zero-order chi connectivity index (χ0) is 46.5. The molecule has 0 aromatic carbocycles. The topological polar surface area (TPSA) is 506 Å². The molecule has 61 heavy (non-hydrogen) atoms. The van der Waals surface area contributed by atoms with Crippen LogP contribution in [-0.2, 0) is 38.4 Å². The van der Waals surface area contributed by atoms with Crippen LogP contribution in [0.5, 0.6) is 0 Å². The van der Waals surface area contributed by atoms with Gasteiger partial charge in [-0.15, -0.1) is 0 Å². The predicted molar refractivity (Wildman–Crippen MR) is 222 cm³/mol. The summed E-state index contributed by atoms with van der Waals surface area (Å²) in [5.41, 5.74) is 42.9. The number of guanidine groups is 3. The van der Waals surface area contributed by atoms with Crippen molar-refractivity contribution >= 4 is 65.1 Å². The molecule has 0 aromatic rings. The minimum absolute atomic E-state index is 0.0189. The van der Waals surface area contributed by atoms with E-state index in [4.69, 9.17) is 51.0 Å². The summed E-state index contributed by atoms with van der Waals surface area (Å²) in [5.74, 6) is -7.67. The lowest BCUT2D eigenvalue weighted by Gasteiger charge is -2.26. The molecule has 0 saturated carbocycles. The Morgan fingerprint density at radius 1 is 0.541 bits per heavy atom. The fraction of sp³-hybridized carbons (Fsp3) is 0.667. The van der Waals surface area contributed by atoms with E-state index >= 15 is 0 Å². The van der Waals surface area contributed by atoms with E-state index in [9.17, 15) is 43.5 Å².